The van der Waals surface area contributed by atoms with E-state index in [1.165, 1.54) is 5.56 Å². The number of halogens is 1. The summed E-state index contributed by atoms with van der Waals surface area (Å²) in [6, 6.07) is 10.4. The van der Waals surface area contributed by atoms with Gasteiger partial charge < -0.3 is 10.1 Å². The summed E-state index contributed by atoms with van der Waals surface area (Å²) in [5.74, 6) is 0.646. The second kappa shape index (κ2) is 5.35. The van der Waals surface area contributed by atoms with Crippen LogP contribution >= 0.6 is 12.4 Å². The van der Waals surface area contributed by atoms with Crippen LogP contribution in [0.25, 0.3) is 0 Å². The first kappa shape index (κ1) is 11.5. The molecule has 0 aromatic heterocycles. The van der Waals surface area contributed by atoms with Crippen LogP contribution in [0, 0.1) is 5.92 Å². The standard InChI is InChI=1S/C11H15NO.ClH/c1-13-11(10-7-12-8-10)9-5-3-2-4-6-9;/h2-6,10-12H,7-8H2,1H3;1H. The number of ether oxygens (including phenoxy) is 1. The fourth-order valence-electron chi connectivity index (χ4n) is 1.77. The van der Waals surface area contributed by atoms with Gasteiger partial charge in [0.2, 0.25) is 0 Å². The second-order valence-electron chi connectivity index (χ2n) is 3.49. The predicted octanol–water partition coefficient (Wildman–Crippen LogP) is 2.02. The van der Waals surface area contributed by atoms with Crippen molar-refractivity contribution in [2.24, 2.45) is 5.92 Å². The van der Waals surface area contributed by atoms with Crippen molar-refractivity contribution in [3.63, 3.8) is 0 Å². The number of nitrogens with one attached hydrogen (secondary N) is 1. The van der Waals surface area contributed by atoms with Gasteiger partial charge in [-0.3, -0.25) is 0 Å². The van der Waals surface area contributed by atoms with E-state index in [-0.39, 0.29) is 18.5 Å². The van der Waals surface area contributed by atoms with Gasteiger partial charge in [-0.1, -0.05) is 30.3 Å². The molecule has 0 amide bonds. The average molecular weight is 214 g/mol. The van der Waals surface area contributed by atoms with Crippen LogP contribution in [0.3, 0.4) is 0 Å². The molecule has 78 valence electrons. The van der Waals surface area contributed by atoms with E-state index in [0.717, 1.165) is 13.1 Å². The lowest BCUT2D eigenvalue weighted by atomic mass is 9.91. The van der Waals surface area contributed by atoms with Crippen LogP contribution in [0.15, 0.2) is 30.3 Å². The molecule has 0 saturated carbocycles. The van der Waals surface area contributed by atoms with E-state index in [1.54, 1.807) is 7.11 Å². The van der Waals surface area contributed by atoms with Gasteiger partial charge in [0.15, 0.2) is 0 Å². The summed E-state index contributed by atoms with van der Waals surface area (Å²) < 4.78 is 5.50. The lowest BCUT2D eigenvalue weighted by molar-refractivity contribution is 0.0292. The summed E-state index contributed by atoms with van der Waals surface area (Å²) in [5.41, 5.74) is 1.29. The third-order valence-electron chi connectivity index (χ3n) is 2.62. The molecule has 1 aliphatic heterocycles. The molecule has 1 atom stereocenters. The Morgan fingerprint density at radius 3 is 2.36 bits per heavy atom. The van der Waals surface area contributed by atoms with Crippen molar-refractivity contribution in [2.45, 2.75) is 6.10 Å². The van der Waals surface area contributed by atoms with E-state index in [4.69, 9.17) is 4.74 Å². The van der Waals surface area contributed by atoms with Gasteiger partial charge in [0.05, 0.1) is 6.10 Å². The molecule has 0 radical (unpaired) electrons. The van der Waals surface area contributed by atoms with Crippen LogP contribution in [0.4, 0.5) is 0 Å². The molecule has 0 aliphatic carbocycles. The van der Waals surface area contributed by atoms with E-state index in [9.17, 15) is 0 Å². The molecule has 1 saturated heterocycles. The molecule has 1 unspecified atom stereocenters. The van der Waals surface area contributed by atoms with Crippen molar-refractivity contribution >= 4 is 12.4 Å². The Balaban J connectivity index is 0.000000980. The fraction of sp³-hybridized carbons (Fsp3) is 0.455. The Hall–Kier alpha value is -0.570. The molecule has 1 aliphatic rings. The van der Waals surface area contributed by atoms with E-state index in [1.807, 2.05) is 6.07 Å². The molecule has 3 heteroatoms. The number of hydrogen-bond donors (Lipinski definition) is 1. The molecule has 2 nitrogen and oxygen atoms in total. The monoisotopic (exact) mass is 213 g/mol. The van der Waals surface area contributed by atoms with Gasteiger partial charge in [0, 0.05) is 26.1 Å². The van der Waals surface area contributed by atoms with Gasteiger partial charge in [-0.15, -0.1) is 12.4 Å². The van der Waals surface area contributed by atoms with Gasteiger partial charge >= 0.3 is 0 Å². The fourth-order valence-corrected chi connectivity index (χ4v) is 1.77. The summed E-state index contributed by atoms with van der Waals surface area (Å²) in [5, 5.41) is 3.27. The summed E-state index contributed by atoms with van der Waals surface area (Å²) in [6.07, 6.45) is 0.266. The number of hydrogen-bond acceptors (Lipinski definition) is 2. The molecule has 1 N–H and O–H groups in total. The van der Waals surface area contributed by atoms with Gasteiger partial charge in [0.25, 0.3) is 0 Å². The van der Waals surface area contributed by atoms with Gasteiger partial charge in [-0.05, 0) is 5.56 Å². The minimum absolute atomic E-state index is 0. The summed E-state index contributed by atoms with van der Waals surface area (Å²) in [4.78, 5) is 0. The first-order valence-corrected chi connectivity index (χ1v) is 4.70. The molecule has 0 bridgehead atoms. The van der Waals surface area contributed by atoms with Crippen LogP contribution < -0.4 is 5.32 Å². The summed E-state index contributed by atoms with van der Waals surface area (Å²) >= 11 is 0. The predicted molar refractivity (Wildman–Crippen MR) is 59.8 cm³/mol. The Morgan fingerprint density at radius 2 is 1.93 bits per heavy atom. The quantitative estimate of drug-likeness (QED) is 0.830. The van der Waals surface area contributed by atoms with Gasteiger partial charge in [-0.2, -0.15) is 0 Å². The lowest BCUT2D eigenvalue weighted by Crippen LogP contribution is -2.45. The normalized spacial score (nSPS) is 18.1. The average Bonchev–Trinajstić information content (AvgIpc) is 2.12. The lowest BCUT2D eigenvalue weighted by Gasteiger charge is -2.34. The van der Waals surface area contributed by atoms with Crippen LogP contribution in [0.5, 0.6) is 0 Å². The third kappa shape index (κ3) is 2.27. The molecule has 1 fully saturated rings. The highest BCUT2D eigenvalue weighted by Crippen LogP contribution is 2.27. The molecule has 1 aromatic carbocycles. The van der Waals surface area contributed by atoms with Crippen molar-refractivity contribution in [2.75, 3.05) is 20.2 Å². The molecule has 14 heavy (non-hydrogen) atoms. The number of methoxy groups -OCH3 is 1. The first-order valence-electron chi connectivity index (χ1n) is 4.70. The van der Waals surface area contributed by atoms with E-state index >= 15 is 0 Å². The Kier molecular flexibility index (Phi) is 4.39. The van der Waals surface area contributed by atoms with E-state index in [0.29, 0.717) is 5.92 Å². The van der Waals surface area contributed by atoms with Crippen molar-refractivity contribution in [3.05, 3.63) is 35.9 Å². The zero-order chi connectivity index (χ0) is 9.10. The zero-order valence-corrected chi connectivity index (χ0v) is 9.09. The van der Waals surface area contributed by atoms with Crippen LogP contribution in [0.2, 0.25) is 0 Å². The number of rotatable bonds is 3. The van der Waals surface area contributed by atoms with Crippen molar-refractivity contribution in [1.29, 1.82) is 0 Å². The van der Waals surface area contributed by atoms with Gasteiger partial charge in [0.1, 0.15) is 0 Å². The first-order chi connectivity index (χ1) is 6.42. The highest BCUT2D eigenvalue weighted by atomic mass is 35.5. The minimum atomic E-state index is 0. The number of benzene rings is 1. The maximum absolute atomic E-state index is 5.50. The highest BCUT2D eigenvalue weighted by Gasteiger charge is 2.27. The maximum Gasteiger partial charge on any atom is 0.0873 e. The van der Waals surface area contributed by atoms with Crippen LogP contribution in [-0.2, 0) is 4.74 Å². The molecular weight excluding hydrogens is 198 g/mol. The molecule has 1 aromatic rings. The van der Waals surface area contributed by atoms with Crippen molar-refractivity contribution in [1.82, 2.24) is 5.32 Å². The Morgan fingerprint density at radius 1 is 1.29 bits per heavy atom. The van der Waals surface area contributed by atoms with E-state index < -0.39 is 0 Å². The Bertz CT molecular complexity index is 261. The summed E-state index contributed by atoms with van der Waals surface area (Å²) in [7, 11) is 1.79. The largest absolute Gasteiger partial charge is 0.376 e. The van der Waals surface area contributed by atoms with Crippen LogP contribution in [-0.4, -0.2) is 20.2 Å². The molecular formula is C11H16ClNO. The van der Waals surface area contributed by atoms with Crippen molar-refractivity contribution < 1.29 is 4.74 Å². The highest BCUT2D eigenvalue weighted by molar-refractivity contribution is 5.85. The minimum Gasteiger partial charge on any atom is -0.376 e. The maximum atomic E-state index is 5.50. The van der Waals surface area contributed by atoms with Crippen molar-refractivity contribution in [3.8, 4) is 0 Å². The van der Waals surface area contributed by atoms with Gasteiger partial charge in [-0.25, -0.2) is 0 Å². The Labute approximate surface area is 91.1 Å². The SMILES string of the molecule is COC(c1ccccc1)C1CNC1.Cl. The smallest absolute Gasteiger partial charge is 0.0873 e. The zero-order valence-electron chi connectivity index (χ0n) is 8.27. The summed E-state index contributed by atoms with van der Waals surface area (Å²) in [6.45, 7) is 2.15. The van der Waals surface area contributed by atoms with Crippen LogP contribution in [0.1, 0.15) is 11.7 Å². The molecule has 2 rings (SSSR count). The topological polar surface area (TPSA) is 21.3 Å². The molecule has 0 spiro atoms. The molecule has 1 heterocycles. The van der Waals surface area contributed by atoms with E-state index in [2.05, 4.69) is 29.6 Å². The second-order valence-corrected chi connectivity index (χ2v) is 3.49. The third-order valence-corrected chi connectivity index (χ3v) is 2.62.